The average molecular weight is 202 g/mol. The zero-order chi connectivity index (χ0) is 10.5. The molecule has 0 amide bonds. The largest absolute Gasteiger partial charge is 0.396 e. The van der Waals surface area contributed by atoms with Gasteiger partial charge < -0.3 is 14.6 Å². The average Bonchev–Trinajstić information content (AvgIpc) is 2.21. The summed E-state index contributed by atoms with van der Waals surface area (Å²) in [6, 6.07) is 0. The smallest absolute Gasteiger partial charge is 0.0704 e. The first kappa shape index (κ1) is 13.6. The molecule has 0 radical (unpaired) electrons. The Labute approximate surface area is 86.7 Å². The van der Waals surface area contributed by atoms with Crippen LogP contribution >= 0.6 is 0 Å². The molecule has 0 fully saturated rings. The van der Waals surface area contributed by atoms with Crippen molar-refractivity contribution in [2.45, 2.75) is 25.7 Å². The van der Waals surface area contributed by atoms with Crippen molar-refractivity contribution in [2.75, 3.05) is 33.0 Å². The van der Waals surface area contributed by atoms with Gasteiger partial charge in [-0.2, -0.15) is 0 Å². The molecule has 0 aliphatic rings. The number of unbranched alkanes of at least 4 members (excludes halogenated alkanes) is 3. The second-order valence-corrected chi connectivity index (χ2v) is 3.11. The Balaban J connectivity index is 2.81. The van der Waals surface area contributed by atoms with Crippen molar-refractivity contribution in [1.29, 1.82) is 0 Å². The number of aliphatic hydroxyl groups excluding tert-OH is 1. The van der Waals surface area contributed by atoms with Gasteiger partial charge in [0.1, 0.15) is 0 Å². The Morgan fingerprint density at radius 3 is 2.36 bits per heavy atom. The summed E-state index contributed by atoms with van der Waals surface area (Å²) in [7, 11) is 0. The summed E-state index contributed by atoms with van der Waals surface area (Å²) in [6.45, 7) is 6.55. The molecule has 0 aliphatic heterocycles. The molecule has 3 nitrogen and oxygen atoms in total. The van der Waals surface area contributed by atoms with Crippen LogP contribution in [0.2, 0.25) is 0 Å². The first-order valence-corrected chi connectivity index (χ1v) is 5.29. The zero-order valence-electron chi connectivity index (χ0n) is 8.91. The van der Waals surface area contributed by atoms with Crippen molar-refractivity contribution >= 4 is 0 Å². The van der Waals surface area contributed by atoms with E-state index in [2.05, 4.69) is 6.58 Å². The summed E-state index contributed by atoms with van der Waals surface area (Å²) in [5.41, 5.74) is 0. The Kier molecular flexibility index (Phi) is 12.3. The van der Waals surface area contributed by atoms with Crippen LogP contribution in [0.5, 0.6) is 0 Å². The normalized spacial score (nSPS) is 10.4. The van der Waals surface area contributed by atoms with Crippen LogP contribution in [-0.2, 0) is 9.47 Å². The van der Waals surface area contributed by atoms with Crippen molar-refractivity contribution < 1.29 is 14.6 Å². The van der Waals surface area contributed by atoms with Gasteiger partial charge in [0.25, 0.3) is 0 Å². The van der Waals surface area contributed by atoms with Gasteiger partial charge in [0.05, 0.1) is 19.8 Å². The Hall–Kier alpha value is -0.380. The fourth-order valence-electron chi connectivity index (χ4n) is 1.06. The molecule has 14 heavy (non-hydrogen) atoms. The van der Waals surface area contributed by atoms with Crippen LogP contribution in [0.1, 0.15) is 25.7 Å². The Morgan fingerprint density at radius 2 is 1.64 bits per heavy atom. The van der Waals surface area contributed by atoms with E-state index in [1.165, 1.54) is 0 Å². The maximum absolute atomic E-state index is 8.53. The van der Waals surface area contributed by atoms with Gasteiger partial charge in [-0.25, -0.2) is 0 Å². The van der Waals surface area contributed by atoms with Crippen molar-refractivity contribution in [3.8, 4) is 0 Å². The van der Waals surface area contributed by atoms with Crippen molar-refractivity contribution in [3.63, 3.8) is 0 Å². The van der Waals surface area contributed by atoms with E-state index in [0.717, 1.165) is 32.3 Å². The molecule has 0 spiro atoms. The highest BCUT2D eigenvalue weighted by Gasteiger charge is 1.90. The highest BCUT2D eigenvalue weighted by Crippen LogP contribution is 1.98. The van der Waals surface area contributed by atoms with Gasteiger partial charge in [-0.15, -0.1) is 6.58 Å². The summed E-state index contributed by atoms with van der Waals surface area (Å²) in [5.74, 6) is 0. The number of rotatable bonds is 11. The van der Waals surface area contributed by atoms with Crippen molar-refractivity contribution in [1.82, 2.24) is 0 Å². The fraction of sp³-hybridized carbons (Fsp3) is 0.818. The molecule has 3 heteroatoms. The Morgan fingerprint density at radius 1 is 0.929 bits per heavy atom. The van der Waals surface area contributed by atoms with Crippen LogP contribution in [0.15, 0.2) is 12.7 Å². The molecule has 0 aromatic carbocycles. The van der Waals surface area contributed by atoms with Crippen LogP contribution in [0.3, 0.4) is 0 Å². The van der Waals surface area contributed by atoms with Gasteiger partial charge in [-0.3, -0.25) is 0 Å². The van der Waals surface area contributed by atoms with E-state index < -0.39 is 0 Å². The van der Waals surface area contributed by atoms with E-state index in [4.69, 9.17) is 14.6 Å². The molecule has 0 aromatic heterocycles. The van der Waals surface area contributed by atoms with Crippen LogP contribution in [0.4, 0.5) is 0 Å². The summed E-state index contributed by atoms with van der Waals surface area (Å²) in [4.78, 5) is 0. The molecule has 0 atom stereocenters. The highest BCUT2D eigenvalue weighted by molar-refractivity contribution is 4.63. The maximum Gasteiger partial charge on any atom is 0.0704 e. The summed E-state index contributed by atoms with van der Waals surface area (Å²) in [5, 5.41) is 8.53. The fourth-order valence-corrected chi connectivity index (χ4v) is 1.06. The van der Waals surface area contributed by atoms with E-state index in [0.29, 0.717) is 26.4 Å². The molecule has 1 N–H and O–H groups in total. The summed E-state index contributed by atoms with van der Waals surface area (Å²) >= 11 is 0. The lowest BCUT2D eigenvalue weighted by atomic mass is 10.2. The van der Waals surface area contributed by atoms with Crippen molar-refractivity contribution in [2.24, 2.45) is 0 Å². The van der Waals surface area contributed by atoms with Crippen LogP contribution < -0.4 is 0 Å². The van der Waals surface area contributed by atoms with Gasteiger partial charge in [0.2, 0.25) is 0 Å². The molecular weight excluding hydrogens is 180 g/mol. The van der Waals surface area contributed by atoms with E-state index >= 15 is 0 Å². The lowest BCUT2D eigenvalue weighted by Crippen LogP contribution is -2.05. The number of ether oxygens (including phenoxy) is 2. The minimum absolute atomic E-state index is 0.302. The molecule has 0 bridgehead atoms. The standard InChI is InChI=1S/C11H22O3/c1-2-8-13-10-11-14-9-6-4-3-5-7-12/h2,12H,1,3-11H2. The molecule has 0 rings (SSSR count). The van der Waals surface area contributed by atoms with Crippen LogP contribution in [0, 0.1) is 0 Å². The van der Waals surface area contributed by atoms with Gasteiger partial charge in [0.15, 0.2) is 0 Å². The molecule has 0 aromatic rings. The third-order valence-corrected chi connectivity index (χ3v) is 1.80. The topological polar surface area (TPSA) is 38.7 Å². The molecule has 0 heterocycles. The zero-order valence-corrected chi connectivity index (χ0v) is 8.91. The maximum atomic E-state index is 8.53. The quantitative estimate of drug-likeness (QED) is 0.410. The molecule has 0 aliphatic carbocycles. The second kappa shape index (κ2) is 12.6. The lowest BCUT2D eigenvalue weighted by molar-refractivity contribution is 0.0566. The molecule has 84 valence electrons. The van der Waals surface area contributed by atoms with E-state index in [-0.39, 0.29) is 0 Å². The van der Waals surface area contributed by atoms with Gasteiger partial charge >= 0.3 is 0 Å². The third kappa shape index (κ3) is 11.6. The summed E-state index contributed by atoms with van der Waals surface area (Å²) in [6.07, 6.45) is 5.93. The third-order valence-electron chi connectivity index (χ3n) is 1.80. The van der Waals surface area contributed by atoms with Crippen LogP contribution in [0.25, 0.3) is 0 Å². The van der Waals surface area contributed by atoms with E-state index in [9.17, 15) is 0 Å². The molecular formula is C11H22O3. The van der Waals surface area contributed by atoms with E-state index in [1.54, 1.807) is 6.08 Å². The molecule has 0 saturated carbocycles. The second-order valence-electron chi connectivity index (χ2n) is 3.11. The minimum Gasteiger partial charge on any atom is -0.396 e. The summed E-state index contributed by atoms with van der Waals surface area (Å²) < 4.78 is 10.5. The van der Waals surface area contributed by atoms with Crippen LogP contribution in [-0.4, -0.2) is 38.1 Å². The lowest BCUT2D eigenvalue weighted by Gasteiger charge is -2.03. The SMILES string of the molecule is C=CCOCCOCCCCCCO. The molecule has 0 saturated heterocycles. The van der Waals surface area contributed by atoms with Crippen molar-refractivity contribution in [3.05, 3.63) is 12.7 Å². The monoisotopic (exact) mass is 202 g/mol. The highest BCUT2D eigenvalue weighted by atomic mass is 16.5. The number of aliphatic hydroxyl groups is 1. The van der Waals surface area contributed by atoms with Gasteiger partial charge in [-0.1, -0.05) is 18.9 Å². The minimum atomic E-state index is 0.302. The first-order chi connectivity index (χ1) is 6.91. The predicted octanol–water partition coefficient (Wildman–Crippen LogP) is 1.76. The number of hydrogen-bond acceptors (Lipinski definition) is 3. The first-order valence-electron chi connectivity index (χ1n) is 5.29. The van der Waals surface area contributed by atoms with Gasteiger partial charge in [0, 0.05) is 13.2 Å². The molecule has 0 unspecified atom stereocenters. The van der Waals surface area contributed by atoms with Gasteiger partial charge in [-0.05, 0) is 12.8 Å². The Bertz CT molecular complexity index is 115. The van der Waals surface area contributed by atoms with E-state index in [1.807, 2.05) is 0 Å². The predicted molar refractivity (Wildman–Crippen MR) is 57.4 cm³/mol. The number of hydrogen-bond donors (Lipinski definition) is 1.